The normalized spacial score (nSPS) is 27.1. The van der Waals surface area contributed by atoms with Crippen molar-refractivity contribution in [1.29, 1.82) is 0 Å². The zero-order valence-electron chi connectivity index (χ0n) is 17.0. The molecule has 0 unspecified atom stereocenters. The zero-order valence-corrected chi connectivity index (χ0v) is 17.0. The molecule has 0 amide bonds. The summed E-state index contributed by atoms with van der Waals surface area (Å²) in [5.74, 6) is -0.699. The van der Waals surface area contributed by atoms with Crippen molar-refractivity contribution in [3.63, 3.8) is 0 Å². The second-order valence-corrected chi connectivity index (χ2v) is 8.05. The number of para-hydroxylation sites is 1. The Balaban J connectivity index is 1.51. The Hall–Kier alpha value is -2.22. The topological polar surface area (TPSA) is 113 Å². The molecule has 1 aromatic carbocycles. The van der Waals surface area contributed by atoms with E-state index in [0.717, 1.165) is 24.8 Å². The van der Waals surface area contributed by atoms with Crippen LogP contribution in [0.1, 0.15) is 50.5 Å². The number of ketones is 1. The van der Waals surface area contributed by atoms with Gasteiger partial charge in [0.2, 0.25) is 6.29 Å². The molecule has 30 heavy (non-hydrogen) atoms. The first-order valence-corrected chi connectivity index (χ1v) is 10.6. The number of hydrogen-bond donors (Lipinski definition) is 3. The van der Waals surface area contributed by atoms with E-state index < -0.39 is 24.5 Å². The fraction of sp³-hybridized carbons (Fsp3) is 0.565. The van der Waals surface area contributed by atoms with Crippen molar-refractivity contribution in [3.05, 3.63) is 42.0 Å². The van der Waals surface area contributed by atoms with Crippen molar-refractivity contribution in [3.8, 4) is 5.75 Å². The maximum absolute atomic E-state index is 12.3. The van der Waals surface area contributed by atoms with E-state index in [1.165, 1.54) is 0 Å². The minimum absolute atomic E-state index is 0.0382. The number of carboxylic acids is 1. The fourth-order valence-electron chi connectivity index (χ4n) is 4.16. The van der Waals surface area contributed by atoms with Gasteiger partial charge in [-0.25, -0.2) is 0 Å². The number of aliphatic hydroxyl groups excluding tert-OH is 2. The average Bonchev–Trinajstić information content (AvgIpc) is 3.00. The number of aliphatic hydroxyl groups is 2. The zero-order chi connectivity index (χ0) is 21.5. The van der Waals surface area contributed by atoms with Crippen molar-refractivity contribution in [2.75, 3.05) is 0 Å². The van der Waals surface area contributed by atoms with E-state index >= 15 is 0 Å². The van der Waals surface area contributed by atoms with Crippen LogP contribution in [0.3, 0.4) is 0 Å². The van der Waals surface area contributed by atoms with Gasteiger partial charge in [-0.2, -0.15) is 0 Å². The number of carbonyl (C=O) groups excluding carboxylic acids is 1. The highest BCUT2D eigenvalue weighted by atomic mass is 16.7. The van der Waals surface area contributed by atoms with Crippen LogP contribution in [0.15, 0.2) is 36.4 Å². The van der Waals surface area contributed by atoms with Gasteiger partial charge in [-0.1, -0.05) is 49.6 Å². The van der Waals surface area contributed by atoms with Gasteiger partial charge in [-0.05, 0) is 18.9 Å². The Morgan fingerprint density at radius 3 is 2.77 bits per heavy atom. The van der Waals surface area contributed by atoms with Crippen LogP contribution in [0, 0.1) is 11.8 Å². The molecule has 3 N–H and O–H groups in total. The lowest BCUT2D eigenvalue weighted by molar-refractivity contribution is -0.152. The number of ether oxygens (including phenoxy) is 2. The first-order valence-electron chi connectivity index (χ1n) is 10.6. The third kappa shape index (κ3) is 5.90. The lowest BCUT2D eigenvalue weighted by atomic mass is 9.88. The lowest BCUT2D eigenvalue weighted by Crippen LogP contribution is -2.36. The smallest absolute Gasteiger partial charge is 0.303 e. The van der Waals surface area contributed by atoms with E-state index in [-0.39, 0.29) is 30.5 Å². The summed E-state index contributed by atoms with van der Waals surface area (Å²) < 4.78 is 11.3. The van der Waals surface area contributed by atoms with Crippen molar-refractivity contribution >= 4 is 11.8 Å². The molecule has 2 aliphatic rings. The van der Waals surface area contributed by atoms with Gasteiger partial charge in [0, 0.05) is 30.2 Å². The monoisotopic (exact) mass is 418 g/mol. The summed E-state index contributed by atoms with van der Waals surface area (Å²) >= 11 is 0. The van der Waals surface area contributed by atoms with Gasteiger partial charge in [0.05, 0.1) is 12.7 Å². The van der Waals surface area contributed by atoms with E-state index in [4.69, 9.17) is 14.6 Å². The number of carbonyl (C=O) groups is 2. The number of fused-ring (bicyclic) bond motifs is 1. The van der Waals surface area contributed by atoms with Gasteiger partial charge in [-0.15, -0.1) is 0 Å². The highest BCUT2D eigenvalue weighted by molar-refractivity contribution is 5.84. The van der Waals surface area contributed by atoms with Crippen LogP contribution in [-0.4, -0.2) is 45.6 Å². The highest BCUT2D eigenvalue weighted by Gasteiger charge is 2.39. The van der Waals surface area contributed by atoms with E-state index in [1.54, 1.807) is 12.2 Å². The van der Waals surface area contributed by atoms with Crippen molar-refractivity contribution < 1.29 is 34.4 Å². The van der Waals surface area contributed by atoms with Crippen molar-refractivity contribution in [1.82, 2.24) is 0 Å². The number of hydrogen-bond acceptors (Lipinski definition) is 6. The molecule has 7 nitrogen and oxygen atoms in total. The standard InChI is InChI=1S/C23H30O7/c24-18(23-29-14-15-7-5-6-9-21(15)30-23)12-11-17-16(19(25)13-20(17)26)8-3-1-2-4-10-22(27)28/h5-7,9,11-12,16-18,20,23-24,26H,1-4,8,10,13-14H2,(H,27,28)/b12-11+/t16-,17-,18-,20-,23-/m1/s1. The van der Waals surface area contributed by atoms with Crippen LogP contribution in [0.2, 0.25) is 0 Å². The molecule has 1 heterocycles. The van der Waals surface area contributed by atoms with Crippen molar-refractivity contribution in [2.45, 2.75) is 70.1 Å². The quantitative estimate of drug-likeness (QED) is 0.395. The Morgan fingerprint density at radius 1 is 1.20 bits per heavy atom. The van der Waals surface area contributed by atoms with Gasteiger partial charge in [0.1, 0.15) is 17.6 Å². The fourth-order valence-corrected chi connectivity index (χ4v) is 4.16. The van der Waals surface area contributed by atoms with Gasteiger partial charge < -0.3 is 24.8 Å². The molecule has 1 saturated carbocycles. The summed E-state index contributed by atoms with van der Waals surface area (Å²) in [6, 6.07) is 7.48. The third-order valence-electron chi connectivity index (χ3n) is 5.82. The van der Waals surface area contributed by atoms with E-state index in [0.29, 0.717) is 25.2 Å². The summed E-state index contributed by atoms with van der Waals surface area (Å²) in [7, 11) is 0. The number of Topliss-reactive ketones (excluding diaryl/α,β-unsaturated/α-hetero) is 1. The maximum Gasteiger partial charge on any atom is 0.303 e. The average molecular weight is 418 g/mol. The number of rotatable bonds is 10. The molecule has 1 aliphatic carbocycles. The van der Waals surface area contributed by atoms with E-state index in [2.05, 4.69) is 0 Å². The van der Waals surface area contributed by atoms with Crippen LogP contribution in [0.4, 0.5) is 0 Å². The highest BCUT2D eigenvalue weighted by Crippen LogP contribution is 2.35. The molecule has 1 fully saturated rings. The van der Waals surface area contributed by atoms with E-state index in [1.807, 2.05) is 24.3 Å². The van der Waals surface area contributed by atoms with E-state index in [9.17, 15) is 19.8 Å². The summed E-state index contributed by atoms with van der Waals surface area (Å²) in [4.78, 5) is 22.9. The molecule has 7 heteroatoms. The number of benzene rings is 1. The number of aliphatic carboxylic acids is 1. The molecule has 0 aromatic heterocycles. The molecule has 0 spiro atoms. The lowest BCUT2D eigenvalue weighted by Gasteiger charge is -2.28. The van der Waals surface area contributed by atoms with Gasteiger partial charge >= 0.3 is 5.97 Å². The molecule has 1 aromatic rings. The first kappa shape index (κ1) is 22.5. The molecular weight excluding hydrogens is 388 g/mol. The van der Waals surface area contributed by atoms with Crippen LogP contribution < -0.4 is 4.74 Å². The minimum atomic E-state index is -1.02. The molecule has 3 rings (SSSR count). The van der Waals surface area contributed by atoms with Crippen LogP contribution in [0.5, 0.6) is 5.75 Å². The molecular formula is C23H30O7. The van der Waals surface area contributed by atoms with Crippen LogP contribution in [0.25, 0.3) is 0 Å². The van der Waals surface area contributed by atoms with Crippen LogP contribution >= 0.6 is 0 Å². The van der Waals surface area contributed by atoms with Gasteiger partial charge in [-0.3, -0.25) is 9.59 Å². The molecule has 1 aliphatic heterocycles. The molecule has 0 bridgehead atoms. The molecule has 0 radical (unpaired) electrons. The molecule has 0 saturated heterocycles. The summed E-state index contributed by atoms with van der Waals surface area (Å²) in [5.41, 5.74) is 0.921. The van der Waals surface area contributed by atoms with Gasteiger partial charge in [0.15, 0.2) is 0 Å². The van der Waals surface area contributed by atoms with Crippen LogP contribution in [-0.2, 0) is 20.9 Å². The summed E-state index contributed by atoms with van der Waals surface area (Å²) in [6.07, 6.45) is 4.70. The third-order valence-corrected chi connectivity index (χ3v) is 5.82. The SMILES string of the molecule is O=C(O)CCCCCC[C@H]1C(=O)C[C@@H](O)[C@@H]1/C=C/[C@@H](O)[C@@H]1OCc2ccccc2O1. The molecule has 5 atom stereocenters. The summed E-state index contributed by atoms with van der Waals surface area (Å²) in [5, 5.41) is 29.4. The van der Waals surface area contributed by atoms with Gasteiger partial charge in [0.25, 0.3) is 0 Å². The number of unbranched alkanes of at least 4 members (excludes halogenated alkanes) is 3. The minimum Gasteiger partial charge on any atom is -0.481 e. The molecule has 164 valence electrons. The number of carboxylic acid groups (broad SMARTS) is 1. The predicted octanol–water partition coefficient (Wildman–Crippen LogP) is 2.83. The Bertz CT molecular complexity index is 760. The predicted molar refractivity (Wildman–Crippen MR) is 109 cm³/mol. The second kappa shape index (κ2) is 10.7. The maximum atomic E-state index is 12.3. The first-order chi connectivity index (χ1) is 14.5. The van der Waals surface area contributed by atoms with Crippen molar-refractivity contribution in [2.24, 2.45) is 11.8 Å². The summed E-state index contributed by atoms with van der Waals surface area (Å²) in [6.45, 7) is 0.348. The Labute approximate surface area is 176 Å². The Morgan fingerprint density at radius 2 is 1.97 bits per heavy atom. The Kier molecular flexibility index (Phi) is 8.01. The largest absolute Gasteiger partial charge is 0.481 e. The second-order valence-electron chi connectivity index (χ2n) is 8.05.